The van der Waals surface area contributed by atoms with Crippen molar-refractivity contribution in [1.82, 2.24) is 19.7 Å². The molecule has 2 aromatic rings. The maximum atomic E-state index is 12.9. The van der Waals surface area contributed by atoms with Crippen LogP contribution in [-0.4, -0.2) is 26.3 Å². The summed E-state index contributed by atoms with van der Waals surface area (Å²) in [5.74, 6) is -0.0862. The number of rotatable bonds is 4. The molecule has 0 bridgehead atoms. The van der Waals surface area contributed by atoms with Gasteiger partial charge >= 0.3 is 6.18 Å². The second-order valence-electron chi connectivity index (χ2n) is 4.37. The summed E-state index contributed by atoms with van der Waals surface area (Å²) in [4.78, 5) is 7.50. The Balaban J connectivity index is 2.48. The Hall–Kier alpha value is -1.83. The van der Waals surface area contributed by atoms with Gasteiger partial charge in [-0.05, 0) is 13.3 Å². The molecule has 0 spiro atoms. The first kappa shape index (κ1) is 15.6. The largest absolute Gasteiger partial charge is 0.433 e. The minimum absolute atomic E-state index is 0.00549. The van der Waals surface area contributed by atoms with E-state index in [-0.39, 0.29) is 11.8 Å². The third kappa shape index (κ3) is 3.63. The fourth-order valence-corrected chi connectivity index (χ4v) is 1.70. The van der Waals surface area contributed by atoms with E-state index in [0.717, 1.165) is 12.5 Å². The smallest absolute Gasteiger partial charge is 0.354 e. The highest BCUT2D eigenvalue weighted by Gasteiger charge is 2.34. The van der Waals surface area contributed by atoms with E-state index in [0.29, 0.717) is 17.3 Å². The predicted molar refractivity (Wildman–Crippen MR) is 72.7 cm³/mol. The van der Waals surface area contributed by atoms with Crippen LogP contribution in [0.3, 0.4) is 0 Å². The van der Waals surface area contributed by atoms with Gasteiger partial charge in [-0.25, -0.2) is 9.67 Å². The number of halogens is 4. The van der Waals surface area contributed by atoms with E-state index in [1.807, 2.05) is 6.92 Å². The lowest BCUT2D eigenvalue weighted by atomic mass is 10.4. The molecule has 114 valence electrons. The molecular weight excluding hydrogens is 307 g/mol. The van der Waals surface area contributed by atoms with Gasteiger partial charge in [0.2, 0.25) is 5.95 Å². The lowest BCUT2D eigenvalue weighted by Gasteiger charge is -2.11. The van der Waals surface area contributed by atoms with Crippen molar-refractivity contribution in [3.63, 3.8) is 0 Å². The third-order valence-electron chi connectivity index (χ3n) is 2.61. The van der Waals surface area contributed by atoms with Crippen molar-refractivity contribution in [1.29, 1.82) is 0 Å². The number of aryl methyl sites for hydroxylation is 1. The zero-order chi connectivity index (χ0) is 15.6. The molecule has 21 heavy (non-hydrogen) atoms. The molecule has 1 N–H and O–H groups in total. The number of nitrogens with one attached hydrogen (secondary N) is 1. The Morgan fingerprint density at radius 1 is 1.33 bits per heavy atom. The zero-order valence-electron chi connectivity index (χ0n) is 11.4. The summed E-state index contributed by atoms with van der Waals surface area (Å²) in [6.45, 7) is 4.01. The Kier molecular flexibility index (Phi) is 4.36. The van der Waals surface area contributed by atoms with E-state index in [9.17, 15) is 13.2 Å². The topological polar surface area (TPSA) is 55.6 Å². The van der Waals surface area contributed by atoms with Gasteiger partial charge in [0.1, 0.15) is 0 Å². The summed E-state index contributed by atoms with van der Waals surface area (Å²) in [6.07, 6.45) is -2.42. The number of hydrogen-bond acceptors (Lipinski definition) is 4. The average molecular weight is 320 g/mol. The fourth-order valence-electron chi connectivity index (χ4n) is 1.57. The molecule has 0 atom stereocenters. The molecule has 0 aromatic carbocycles. The molecule has 0 radical (unpaired) electrons. The molecule has 5 nitrogen and oxygen atoms in total. The van der Waals surface area contributed by atoms with Gasteiger partial charge in [0.25, 0.3) is 0 Å². The van der Waals surface area contributed by atoms with Crippen LogP contribution in [0.15, 0.2) is 12.3 Å². The lowest BCUT2D eigenvalue weighted by molar-refractivity contribution is -0.141. The van der Waals surface area contributed by atoms with Gasteiger partial charge in [0.05, 0.1) is 16.9 Å². The summed E-state index contributed by atoms with van der Waals surface area (Å²) in [5.41, 5.74) is -0.526. The number of hydrogen-bond donors (Lipinski definition) is 1. The van der Waals surface area contributed by atoms with Crippen molar-refractivity contribution in [3.8, 4) is 5.82 Å². The van der Waals surface area contributed by atoms with Crippen LogP contribution in [0.4, 0.5) is 19.1 Å². The average Bonchev–Trinajstić information content (AvgIpc) is 2.75. The van der Waals surface area contributed by atoms with Crippen LogP contribution in [0.2, 0.25) is 5.02 Å². The van der Waals surface area contributed by atoms with E-state index in [2.05, 4.69) is 20.4 Å². The van der Waals surface area contributed by atoms with Gasteiger partial charge in [-0.15, -0.1) is 0 Å². The Morgan fingerprint density at radius 3 is 2.57 bits per heavy atom. The minimum atomic E-state index is -4.56. The molecule has 2 heterocycles. The summed E-state index contributed by atoms with van der Waals surface area (Å²) in [5, 5.41) is 7.12. The maximum Gasteiger partial charge on any atom is 0.433 e. The standard InChI is InChI=1S/C12H13ClF3N5/c1-3-4-17-11-18-9(12(14,15)16)5-10(19-11)21-6-8(13)7(2)20-21/h5-6H,3-4H2,1-2H3,(H,17,18,19). The first-order valence-electron chi connectivity index (χ1n) is 6.23. The third-order valence-corrected chi connectivity index (χ3v) is 2.98. The van der Waals surface area contributed by atoms with E-state index < -0.39 is 11.9 Å². The predicted octanol–water partition coefficient (Wildman–Crippen LogP) is 3.46. The quantitative estimate of drug-likeness (QED) is 0.937. The van der Waals surface area contributed by atoms with Gasteiger partial charge in [0, 0.05) is 12.6 Å². The fraction of sp³-hybridized carbons (Fsp3) is 0.417. The van der Waals surface area contributed by atoms with Crippen molar-refractivity contribution >= 4 is 17.5 Å². The van der Waals surface area contributed by atoms with Crippen LogP contribution in [-0.2, 0) is 6.18 Å². The summed E-state index contributed by atoms with van der Waals surface area (Å²) in [6, 6.07) is 0.833. The van der Waals surface area contributed by atoms with E-state index in [1.165, 1.54) is 10.9 Å². The molecule has 0 unspecified atom stereocenters. The van der Waals surface area contributed by atoms with E-state index in [4.69, 9.17) is 11.6 Å². The maximum absolute atomic E-state index is 12.9. The van der Waals surface area contributed by atoms with Gasteiger partial charge in [-0.3, -0.25) is 0 Å². The van der Waals surface area contributed by atoms with Crippen LogP contribution in [0.25, 0.3) is 5.82 Å². The molecule has 0 saturated heterocycles. The van der Waals surface area contributed by atoms with Crippen molar-refractivity contribution in [2.24, 2.45) is 0 Å². The molecule has 0 aliphatic heterocycles. The van der Waals surface area contributed by atoms with Crippen LogP contribution >= 0.6 is 11.6 Å². The van der Waals surface area contributed by atoms with Crippen LogP contribution in [0.5, 0.6) is 0 Å². The van der Waals surface area contributed by atoms with Crippen molar-refractivity contribution in [3.05, 3.63) is 28.7 Å². The molecular formula is C12H13ClF3N5. The summed E-state index contributed by atoms with van der Waals surface area (Å²) >= 11 is 5.87. The molecule has 0 saturated carbocycles. The molecule has 9 heteroatoms. The SMILES string of the molecule is CCCNc1nc(-n2cc(Cl)c(C)n2)cc(C(F)(F)F)n1. The normalized spacial score (nSPS) is 11.7. The highest BCUT2D eigenvalue weighted by molar-refractivity contribution is 6.31. The first-order chi connectivity index (χ1) is 9.81. The van der Waals surface area contributed by atoms with E-state index >= 15 is 0 Å². The summed E-state index contributed by atoms with van der Waals surface area (Å²) in [7, 11) is 0. The van der Waals surface area contributed by atoms with Crippen LogP contribution in [0.1, 0.15) is 24.7 Å². The molecule has 0 aliphatic rings. The number of anilines is 1. The molecule has 2 aromatic heterocycles. The number of nitrogens with zero attached hydrogens (tertiary/aromatic N) is 4. The van der Waals surface area contributed by atoms with Gasteiger partial charge < -0.3 is 5.32 Å². The zero-order valence-corrected chi connectivity index (χ0v) is 12.1. The van der Waals surface area contributed by atoms with Gasteiger partial charge in [-0.2, -0.15) is 23.3 Å². The Labute approximate surface area is 124 Å². The van der Waals surface area contributed by atoms with Crippen LogP contribution in [0, 0.1) is 6.92 Å². The second-order valence-corrected chi connectivity index (χ2v) is 4.77. The molecule has 0 amide bonds. The van der Waals surface area contributed by atoms with Gasteiger partial charge in [-0.1, -0.05) is 18.5 Å². The Morgan fingerprint density at radius 2 is 2.05 bits per heavy atom. The van der Waals surface area contributed by atoms with E-state index in [1.54, 1.807) is 6.92 Å². The first-order valence-corrected chi connectivity index (χ1v) is 6.61. The van der Waals surface area contributed by atoms with Crippen molar-refractivity contribution in [2.75, 3.05) is 11.9 Å². The number of alkyl halides is 3. The lowest BCUT2D eigenvalue weighted by Crippen LogP contribution is -2.15. The Bertz CT molecular complexity index is 619. The monoisotopic (exact) mass is 319 g/mol. The van der Waals surface area contributed by atoms with Gasteiger partial charge in [0.15, 0.2) is 11.5 Å². The second kappa shape index (κ2) is 5.88. The van der Waals surface area contributed by atoms with Crippen molar-refractivity contribution in [2.45, 2.75) is 26.4 Å². The van der Waals surface area contributed by atoms with Crippen molar-refractivity contribution < 1.29 is 13.2 Å². The molecule has 2 rings (SSSR count). The highest BCUT2D eigenvalue weighted by atomic mass is 35.5. The van der Waals surface area contributed by atoms with Crippen LogP contribution < -0.4 is 5.32 Å². The highest BCUT2D eigenvalue weighted by Crippen LogP contribution is 2.29. The molecule has 0 aliphatic carbocycles. The minimum Gasteiger partial charge on any atom is -0.354 e. The number of aromatic nitrogens is 4. The molecule has 0 fully saturated rings. The summed E-state index contributed by atoms with van der Waals surface area (Å²) < 4.78 is 39.9.